The van der Waals surface area contributed by atoms with Crippen LogP contribution < -0.4 is 20.4 Å². The molecule has 2 N–H and O–H groups in total. The molecule has 0 radical (unpaired) electrons. The minimum atomic E-state index is -0.650. The second-order valence-electron chi connectivity index (χ2n) is 5.65. The van der Waals surface area contributed by atoms with Crippen molar-refractivity contribution in [2.24, 2.45) is 0 Å². The molecular formula is C20H26N4O2. The highest BCUT2D eigenvalue weighted by Crippen LogP contribution is 2.36. The summed E-state index contributed by atoms with van der Waals surface area (Å²) in [6.07, 6.45) is 0. The van der Waals surface area contributed by atoms with E-state index in [1.54, 1.807) is 4.90 Å². The van der Waals surface area contributed by atoms with Gasteiger partial charge < -0.3 is 15.5 Å². The van der Waals surface area contributed by atoms with Crippen molar-refractivity contribution in [1.29, 1.82) is 0 Å². The van der Waals surface area contributed by atoms with Gasteiger partial charge in [-0.25, -0.2) is 4.79 Å². The van der Waals surface area contributed by atoms with E-state index in [1.807, 2.05) is 80.4 Å². The van der Waals surface area contributed by atoms with Crippen molar-refractivity contribution < 1.29 is 9.59 Å². The van der Waals surface area contributed by atoms with Crippen molar-refractivity contribution in [3.8, 4) is 0 Å². The van der Waals surface area contributed by atoms with Crippen LogP contribution in [0, 0.1) is 0 Å². The van der Waals surface area contributed by atoms with Crippen LogP contribution in [-0.4, -0.2) is 38.6 Å². The molecule has 1 unspecified atom stereocenters. The third-order valence-electron chi connectivity index (χ3n) is 4.06. The standard InChI is InChI=1S/C18H20N4O2.C2H6/c1-19-18(24)20-14-12-21(2)15-10-6-7-11-16(15)22(17(14)23)13-8-4-3-5-9-13;1-2/h3-11,14H,12H2,1-2H3,(H2,19,20,24);1-2H3. The van der Waals surface area contributed by atoms with Crippen molar-refractivity contribution in [3.63, 3.8) is 0 Å². The van der Waals surface area contributed by atoms with Gasteiger partial charge in [-0.3, -0.25) is 9.69 Å². The third-order valence-corrected chi connectivity index (χ3v) is 4.06. The average molecular weight is 354 g/mol. The maximum Gasteiger partial charge on any atom is 0.315 e. The second-order valence-corrected chi connectivity index (χ2v) is 5.65. The Morgan fingerprint density at radius 3 is 2.19 bits per heavy atom. The van der Waals surface area contributed by atoms with E-state index in [1.165, 1.54) is 7.05 Å². The monoisotopic (exact) mass is 354 g/mol. The number of urea groups is 1. The van der Waals surface area contributed by atoms with Crippen LogP contribution in [0.25, 0.3) is 0 Å². The first-order valence-corrected chi connectivity index (χ1v) is 8.79. The van der Waals surface area contributed by atoms with Crippen LogP contribution in [0.3, 0.4) is 0 Å². The lowest BCUT2D eigenvalue weighted by atomic mass is 10.2. The van der Waals surface area contributed by atoms with Gasteiger partial charge in [0.25, 0.3) is 5.91 Å². The molecule has 6 nitrogen and oxygen atoms in total. The predicted octanol–water partition coefficient (Wildman–Crippen LogP) is 3.12. The van der Waals surface area contributed by atoms with E-state index in [0.717, 1.165) is 17.1 Å². The van der Waals surface area contributed by atoms with Gasteiger partial charge in [-0.15, -0.1) is 0 Å². The zero-order valence-corrected chi connectivity index (χ0v) is 15.7. The maximum atomic E-state index is 13.2. The largest absolute Gasteiger partial charge is 0.370 e. The first-order chi connectivity index (χ1) is 12.6. The number of amides is 3. The van der Waals surface area contributed by atoms with E-state index in [2.05, 4.69) is 10.6 Å². The molecular weight excluding hydrogens is 328 g/mol. The predicted molar refractivity (Wildman–Crippen MR) is 106 cm³/mol. The third kappa shape index (κ3) is 3.96. The molecule has 0 aromatic heterocycles. The normalized spacial score (nSPS) is 16.0. The summed E-state index contributed by atoms with van der Waals surface area (Å²) in [7, 11) is 3.45. The van der Waals surface area contributed by atoms with E-state index < -0.39 is 6.04 Å². The summed E-state index contributed by atoms with van der Waals surface area (Å²) in [5.41, 5.74) is 2.52. The summed E-state index contributed by atoms with van der Waals surface area (Å²) >= 11 is 0. The summed E-state index contributed by atoms with van der Waals surface area (Å²) in [6.45, 7) is 4.40. The maximum absolute atomic E-state index is 13.2. The first kappa shape index (κ1) is 19.3. The highest BCUT2D eigenvalue weighted by atomic mass is 16.2. The lowest BCUT2D eigenvalue weighted by Gasteiger charge is -2.25. The highest BCUT2D eigenvalue weighted by molar-refractivity contribution is 6.08. The quantitative estimate of drug-likeness (QED) is 0.871. The van der Waals surface area contributed by atoms with Crippen molar-refractivity contribution in [2.75, 3.05) is 30.4 Å². The van der Waals surface area contributed by atoms with E-state index >= 15 is 0 Å². The number of para-hydroxylation sites is 3. The molecule has 1 aliphatic heterocycles. The van der Waals surface area contributed by atoms with Crippen molar-refractivity contribution >= 4 is 29.0 Å². The minimum Gasteiger partial charge on any atom is -0.370 e. The van der Waals surface area contributed by atoms with Crippen LogP contribution >= 0.6 is 0 Å². The number of likely N-dealkylation sites (N-methyl/N-ethyl adjacent to an activating group) is 1. The number of hydrogen-bond donors (Lipinski definition) is 2. The summed E-state index contributed by atoms with van der Waals surface area (Å²) in [4.78, 5) is 28.6. The molecule has 0 saturated heterocycles. The SMILES string of the molecule is CC.CNC(=O)NC1CN(C)c2ccccc2N(c2ccccc2)C1=O. The molecule has 0 aliphatic carbocycles. The van der Waals surface area contributed by atoms with Gasteiger partial charge >= 0.3 is 6.03 Å². The molecule has 1 heterocycles. The van der Waals surface area contributed by atoms with E-state index in [4.69, 9.17) is 0 Å². The van der Waals surface area contributed by atoms with Gasteiger partial charge in [-0.2, -0.15) is 0 Å². The van der Waals surface area contributed by atoms with E-state index in [-0.39, 0.29) is 11.9 Å². The van der Waals surface area contributed by atoms with Crippen LogP contribution in [0.1, 0.15) is 13.8 Å². The molecule has 26 heavy (non-hydrogen) atoms. The van der Waals surface area contributed by atoms with Crippen LogP contribution in [0.4, 0.5) is 21.9 Å². The topological polar surface area (TPSA) is 64.7 Å². The number of hydrogen-bond acceptors (Lipinski definition) is 3. The number of carbonyl (C=O) groups excluding carboxylic acids is 2. The molecule has 2 aromatic carbocycles. The molecule has 6 heteroatoms. The minimum absolute atomic E-state index is 0.165. The van der Waals surface area contributed by atoms with Gasteiger partial charge in [0.2, 0.25) is 0 Å². The van der Waals surface area contributed by atoms with Crippen molar-refractivity contribution in [1.82, 2.24) is 10.6 Å². The fraction of sp³-hybridized carbons (Fsp3) is 0.300. The molecule has 1 atom stereocenters. The Labute approximate surface area is 154 Å². The van der Waals surface area contributed by atoms with Crippen LogP contribution in [-0.2, 0) is 4.79 Å². The molecule has 3 rings (SSSR count). The average Bonchev–Trinajstić information content (AvgIpc) is 2.79. The van der Waals surface area contributed by atoms with Crippen LogP contribution in [0.2, 0.25) is 0 Å². The van der Waals surface area contributed by atoms with Crippen LogP contribution in [0.15, 0.2) is 54.6 Å². The number of rotatable bonds is 2. The van der Waals surface area contributed by atoms with E-state index in [0.29, 0.717) is 6.54 Å². The Morgan fingerprint density at radius 1 is 1.00 bits per heavy atom. The Bertz CT molecular complexity index is 748. The summed E-state index contributed by atoms with van der Waals surface area (Å²) in [5, 5.41) is 5.24. The van der Waals surface area contributed by atoms with Gasteiger partial charge in [0, 0.05) is 26.3 Å². The fourth-order valence-electron chi connectivity index (χ4n) is 2.88. The van der Waals surface area contributed by atoms with E-state index in [9.17, 15) is 9.59 Å². The summed E-state index contributed by atoms with van der Waals surface area (Å²) < 4.78 is 0. The molecule has 1 aliphatic rings. The summed E-state index contributed by atoms with van der Waals surface area (Å²) in [5.74, 6) is -0.165. The molecule has 0 fully saturated rings. The smallest absolute Gasteiger partial charge is 0.315 e. The lowest BCUT2D eigenvalue weighted by Crippen LogP contribution is -2.52. The highest BCUT2D eigenvalue weighted by Gasteiger charge is 2.34. The number of nitrogens with zero attached hydrogens (tertiary/aromatic N) is 2. The number of nitrogens with one attached hydrogen (secondary N) is 2. The number of benzene rings is 2. The first-order valence-electron chi connectivity index (χ1n) is 8.79. The van der Waals surface area contributed by atoms with Gasteiger partial charge in [0.1, 0.15) is 6.04 Å². The van der Waals surface area contributed by atoms with Gasteiger partial charge in [0.05, 0.1) is 11.4 Å². The van der Waals surface area contributed by atoms with Gasteiger partial charge in [-0.05, 0) is 24.3 Å². The Morgan fingerprint density at radius 2 is 1.58 bits per heavy atom. The second kappa shape index (κ2) is 8.89. The number of carbonyl (C=O) groups is 2. The molecule has 138 valence electrons. The van der Waals surface area contributed by atoms with Crippen LogP contribution in [0.5, 0.6) is 0 Å². The molecule has 3 amide bonds. The number of fused-ring (bicyclic) bond motifs is 1. The Hall–Kier alpha value is -3.02. The zero-order valence-electron chi connectivity index (χ0n) is 15.7. The summed E-state index contributed by atoms with van der Waals surface area (Å²) in [6, 6.07) is 16.2. The molecule has 0 spiro atoms. The van der Waals surface area contributed by atoms with Gasteiger partial charge in [-0.1, -0.05) is 44.2 Å². The Kier molecular flexibility index (Phi) is 6.60. The van der Waals surface area contributed by atoms with Crippen molar-refractivity contribution in [3.05, 3.63) is 54.6 Å². The van der Waals surface area contributed by atoms with Gasteiger partial charge in [0.15, 0.2) is 0 Å². The molecule has 0 saturated carbocycles. The molecule has 2 aromatic rings. The fourth-order valence-corrected chi connectivity index (χ4v) is 2.88. The Balaban J connectivity index is 0.00000117. The zero-order chi connectivity index (χ0) is 19.1. The lowest BCUT2D eigenvalue weighted by molar-refractivity contribution is -0.119. The molecule has 0 bridgehead atoms. The van der Waals surface area contributed by atoms with Crippen molar-refractivity contribution in [2.45, 2.75) is 19.9 Å². The number of anilines is 3.